The Morgan fingerprint density at radius 1 is 0.946 bits per heavy atom. The number of carboxylic acids is 1. The highest BCUT2D eigenvalue weighted by Gasteiger charge is 2.50. The zero-order valence-electron chi connectivity index (χ0n) is 19.9. The Kier molecular flexibility index (Phi) is 5.16. The average molecular weight is 505 g/mol. The number of hydrogen-bond donors (Lipinski definition) is 1. The highest BCUT2D eigenvalue weighted by atomic mass is 19.1. The first-order chi connectivity index (χ1) is 18.0. The Morgan fingerprint density at radius 3 is 2.59 bits per heavy atom. The molecule has 0 spiro atoms. The second-order valence-corrected chi connectivity index (χ2v) is 9.95. The van der Waals surface area contributed by atoms with Crippen molar-refractivity contribution in [1.82, 2.24) is 0 Å². The Labute approximate surface area is 212 Å². The molecule has 7 nitrogen and oxygen atoms in total. The molecule has 0 aromatic heterocycles. The van der Waals surface area contributed by atoms with E-state index in [4.69, 9.17) is 23.7 Å². The number of halogens is 1. The Hall–Kier alpha value is -3.94. The van der Waals surface area contributed by atoms with Gasteiger partial charge in [0.25, 0.3) is 0 Å². The molecule has 4 aliphatic rings. The lowest BCUT2D eigenvalue weighted by atomic mass is 9.95. The fraction of sp³-hybridized carbons (Fsp3) is 0.345. The molecule has 2 aliphatic heterocycles. The largest absolute Gasteiger partial charge is 0.493 e. The van der Waals surface area contributed by atoms with Crippen molar-refractivity contribution >= 4 is 5.97 Å². The second-order valence-electron chi connectivity index (χ2n) is 9.95. The third kappa shape index (κ3) is 3.91. The topological polar surface area (TPSA) is 83.5 Å². The van der Waals surface area contributed by atoms with Crippen molar-refractivity contribution in [1.29, 1.82) is 0 Å². The highest BCUT2D eigenvalue weighted by Crippen LogP contribution is 2.53. The van der Waals surface area contributed by atoms with E-state index >= 15 is 4.39 Å². The van der Waals surface area contributed by atoms with Crippen molar-refractivity contribution < 1.29 is 38.0 Å². The van der Waals surface area contributed by atoms with Gasteiger partial charge in [-0.15, -0.1) is 0 Å². The molecule has 37 heavy (non-hydrogen) atoms. The van der Waals surface area contributed by atoms with Crippen LogP contribution in [0.15, 0.2) is 48.5 Å². The van der Waals surface area contributed by atoms with Crippen LogP contribution < -0.4 is 23.7 Å². The van der Waals surface area contributed by atoms with Gasteiger partial charge in [0.2, 0.25) is 0 Å². The van der Waals surface area contributed by atoms with Crippen LogP contribution in [0.4, 0.5) is 4.39 Å². The molecule has 2 aliphatic carbocycles. The lowest BCUT2D eigenvalue weighted by Gasteiger charge is -2.19. The van der Waals surface area contributed by atoms with Crippen molar-refractivity contribution in [3.05, 3.63) is 71.0 Å². The lowest BCUT2D eigenvalue weighted by Crippen LogP contribution is -2.15. The van der Waals surface area contributed by atoms with Gasteiger partial charge in [0.15, 0.2) is 11.5 Å². The summed E-state index contributed by atoms with van der Waals surface area (Å²) in [6, 6.07) is 14.1. The highest BCUT2D eigenvalue weighted by molar-refractivity contribution is 5.74. The number of aliphatic carboxylic acids is 1. The summed E-state index contributed by atoms with van der Waals surface area (Å²) in [6.07, 6.45) is 1.49. The fourth-order valence-corrected chi connectivity index (χ4v) is 5.82. The summed E-state index contributed by atoms with van der Waals surface area (Å²) >= 11 is 0. The molecule has 8 heteroatoms. The summed E-state index contributed by atoms with van der Waals surface area (Å²) in [7, 11) is 0. The van der Waals surface area contributed by atoms with Gasteiger partial charge in [-0.3, -0.25) is 4.79 Å². The van der Waals surface area contributed by atoms with Gasteiger partial charge in [-0.2, -0.15) is 0 Å². The molecule has 7 rings (SSSR count). The van der Waals surface area contributed by atoms with Crippen molar-refractivity contribution in [2.75, 3.05) is 19.8 Å². The smallest absolute Gasteiger partial charge is 0.306 e. The number of fused-ring (bicyclic) bond motifs is 3. The van der Waals surface area contributed by atoms with Crippen molar-refractivity contribution in [3.63, 3.8) is 0 Å². The molecule has 4 unspecified atom stereocenters. The maximum Gasteiger partial charge on any atom is 0.306 e. The van der Waals surface area contributed by atoms with Gasteiger partial charge in [0.1, 0.15) is 48.1 Å². The molecule has 0 amide bonds. The quantitative estimate of drug-likeness (QED) is 0.464. The molecule has 1 saturated carbocycles. The number of hydrogen-bond acceptors (Lipinski definition) is 6. The zero-order valence-corrected chi connectivity index (χ0v) is 19.9. The summed E-state index contributed by atoms with van der Waals surface area (Å²) in [5.41, 5.74) is 2.33. The molecule has 0 radical (unpaired) electrons. The van der Waals surface area contributed by atoms with Gasteiger partial charge in [-0.05, 0) is 55.5 Å². The monoisotopic (exact) mass is 504 g/mol. The first-order valence-corrected chi connectivity index (χ1v) is 12.6. The maximum absolute atomic E-state index is 15.0. The standard InChI is InChI=1S/C29H25FO7/c30-22-5-8-23(36-16-2-6-24-27(12-16)34-10-9-33-24)18-4-7-25(28(18)22)37-15-1-3-17-21(14-35-26(17)11-15)19-13-20(19)29(31)32/h1-3,5-6,8,11-12,19-21,25H,4,7,9-10,13-14H2,(H,31,32). The summed E-state index contributed by atoms with van der Waals surface area (Å²) < 4.78 is 44.5. The minimum atomic E-state index is -0.738. The molecule has 2 heterocycles. The summed E-state index contributed by atoms with van der Waals surface area (Å²) in [5, 5.41) is 9.28. The molecular weight excluding hydrogens is 479 g/mol. The predicted octanol–water partition coefficient (Wildman–Crippen LogP) is 5.65. The van der Waals surface area contributed by atoms with E-state index in [1.54, 1.807) is 12.1 Å². The van der Waals surface area contributed by atoms with Crippen molar-refractivity contribution in [3.8, 4) is 34.5 Å². The van der Waals surface area contributed by atoms with E-state index in [9.17, 15) is 9.90 Å². The summed E-state index contributed by atoms with van der Waals surface area (Å²) in [4.78, 5) is 11.3. The minimum absolute atomic E-state index is 0.0927. The van der Waals surface area contributed by atoms with Gasteiger partial charge in [-0.25, -0.2) is 4.39 Å². The number of benzene rings is 3. The van der Waals surface area contributed by atoms with Gasteiger partial charge in [0, 0.05) is 34.7 Å². The molecule has 1 N–H and O–H groups in total. The average Bonchev–Trinajstić information content (AvgIpc) is 3.42. The SMILES string of the molecule is O=C(O)C1CC1C1COc2cc(OC3CCc4c(Oc5ccc6c(c5)OCCO6)ccc(F)c43)ccc21. The zero-order chi connectivity index (χ0) is 25.1. The van der Waals surface area contributed by atoms with Crippen LogP contribution in [0.25, 0.3) is 0 Å². The number of carboxylic acid groups (broad SMARTS) is 1. The van der Waals surface area contributed by atoms with Crippen LogP contribution in [0, 0.1) is 17.7 Å². The molecule has 0 bridgehead atoms. The van der Waals surface area contributed by atoms with Crippen molar-refractivity contribution in [2.45, 2.75) is 31.3 Å². The van der Waals surface area contributed by atoms with Gasteiger partial charge >= 0.3 is 5.97 Å². The predicted molar refractivity (Wildman–Crippen MR) is 130 cm³/mol. The van der Waals surface area contributed by atoms with E-state index in [0.29, 0.717) is 79.1 Å². The molecular formula is C29H25FO7. The van der Waals surface area contributed by atoms with Crippen LogP contribution in [-0.2, 0) is 11.2 Å². The fourth-order valence-electron chi connectivity index (χ4n) is 5.82. The van der Waals surface area contributed by atoms with E-state index in [1.807, 2.05) is 30.3 Å². The second kappa shape index (κ2) is 8.57. The van der Waals surface area contributed by atoms with Crippen LogP contribution in [0.2, 0.25) is 0 Å². The van der Waals surface area contributed by atoms with Gasteiger partial charge in [0.05, 0.1) is 12.5 Å². The first kappa shape index (κ1) is 22.3. The van der Waals surface area contributed by atoms with E-state index < -0.39 is 12.1 Å². The molecule has 3 aromatic rings. The molecule has 0 saturated heterocycles. The van der Waals surface area contributed by atoms with Gasteiger partial charge in [-0.1, -0.05) is 6.07 Å². The third-order valence-electron chi connectivity index (χ3n) is 7.74. The van der Waals surface area contributed by atoms with E-state index in [-0.39, 0.29) is 23.6 Å². The van der Waals surface area contributed by atoms with Crippen LogP contribution in [0.5, 0.6) is 34.5 Å². The van der Waals surface area contributed by atoms with Crippen LogP contribution >= 0.6 is 0 Å². The van der Waals surface area contributed by atoms with E-state index in [2.05, 4.69) is 0 Å². The molecule has 1 fully saturated rings. The number of carbonyl (C=O) groups is 1. The number of ether oxygens (including phenoxy) is 5. The van der Waals surface area contributed by atoms with Crippen LogP contribution in [0.3, 0.4) is 0 Å². The lowest BCUT2D eigenvalue weighted by molar-refractivity contribution is -0.138. The number of rotatable bonds is 6. The maximum atomic E-state index is 15.0. The minimum Gasteiger partial charge on any atom is -0.493 e. The Morgan fingerprint density at radius 2 is 1.76 bits per heavy atom. The Bertz CT molecular complexity index is 1400. The Balaban J connectivity index is 1.10. The normalized spacial score (nSPS) is 24.6. The molecule has 3 aromatic carbocycles. The first-order valence-electron chi connectivity index (χ1n) is 12.6. The molecule has 190 valence electrons. The van der Waals surface area contributed by atoms with Gasteiger partial charge < -0.3 is 28.8 Å². The van der Waals surface area contributed by atoms with E-state index in [0.717, 1.165) is 11.1 Å². The van der Waals surface area contributed by atoms with Crippen LogP contribution in [0.1, 0.15) is 41.6 Å². The van der Waals surface area contributed by atoms with Crippen LogP contribution in [-0.4, -0.2) is 30.9 Å². The van der Waals surface area contributed by atoms with E-state index in [1.165, 1.54) is 6.07 Å². The summed E-state index contributed by atoms with van der Waals surface area (Å²) in [6.45, 7) is 1.48. The summed E-state index contributed by atoms with van der Waals surface area (Å²) in [5.74, 6) is 2.68. The molecule has 4 atom stereocenters. The third-order valence-corrected chi connectivity index (χ3v) is 7.74. The van der Waals surface area contributed by atoms with Crippen molar-refractivity contribution in [2.24, 2.45) is 11.8 Å².